The lowest BCUT2D eigenvalue weighted by Gasteiger charge is -2.26. The number of alkyl halides is 2. The van der Waals surface area contributed by atoms with Crippen LogP contribution in [-0.4, -0.2) is 63.6 Å². The number of anilines is 3. The Kier molecular flexibility index (Phi) is 5.25. The number of H-pyrrole nitrogens is 1. The lowest BCUT2D eigenvalue weighted by molar-refractivity contribution is -0.130. The molecule has 10 heteroatoms. The van der Waals surface area contributed by atoms with Crippen LogP contribution >= 0.6 is 0 Å². The van der Waals surface area contributed by atoms with Crippen LogP contribution < -0.4 is 10.2 Å². The normalized spacial score (nSPS) is 22.4. The monoisotopic (exact) mass is 445 g/mol. The first-order valence-corrected chi connectivity index (χ1v) is 11.4. The number of rotatable bonds is 5. The molecule has 172 valence electrons. The average Bonchev–Trinajstić information content (AvgIpc) is 3.52. The summed E-state index contributed by atoms with van der Waals surface area (Å²) in [6.07, 6.45) is 6.81. The fraction of sp³-hybridized carbons (Fsp3) is 0.636. The van der Waals surface area contributed by atoms with Crippen molar-refractivity contribution >= 4 is 23.5 Å². The second-order valence-corrected chi connectivity index (χ2v) is 9.40. The zero-order chi connectivity index (χ0) is 22.5. The molecule has 0 bridgehead atoms. The van der Waals surface area contributed by atoms with Crippen molar-refractivity contribution < 1.29 is 13.6 Å². The Balaban J connectivity index is 1.46. The van der Waals surface area contributed by atoms with Crippen molar-refractivity contribution in [3.63, 3.8) is 0 Å². The summed E-state index contributed by atoms with van der Waals surface area (Å²) in [5, 5.41) is 10.8. The quantitative estimate of drug-likeness (QED) is 0.733. The molecule has 2 aromatic heterocycles. The van der Waals surface area contributed by atoms with Gasteiger partial charge in [0.1, 0.15) is 11.9 Å². The van der Waals surface area contributed by atoms with Gasteiger partial charge in [-0.3, -0.25) is 9.89 Å². The number of aromatic nitrogens is 4. The largest absolute Gasteiger partial charge is 0.347 e. The van der Waals surface area contributed by atoms with Crippen molar-refractivity contribution in [3.8, 4) is 0 Å². The summed E-state index contributed by atoms with van der Waals surface area (Å²) < 4.78 is 28.7. The second kappa shape index (κ2) is 7.97. The number of carbonyl (C=O) groups is 1. The average molecular weight is 446 g/mol. The molecule has 1 saturated heterocycles. The summed E-state index contributed by atoms with van der Waals surface area (Å²) in [6, 6.07) is 1.04. The highest BCUT2D eigenvalue weighted by Crippen LogP contribution is 2.38. The third-order valence-corrected chi connectivity index (χ3v) is 6.81. The number of halogens is 2. The topological polar surface area (TPSA) is 90.0 Å². The summed E-state index contributed by atoms with van der Waals surface area (Å²) in [5.74, 6) is -1.39. The maximum Gasteiger partial charge on any atom is 0.267 e. The number of nitrogens with zero attached hydrogens (tertiary/aromatic N) is 5. The van der Waals surface area contributed by atoms with Gasteiger partial charge in [-0.2, -0.15) is 10.1 Å². The van der Waals surface area contributed by atoms with Crippen molar-refractivity contribution in [2.45, 2.75) is 69.2 Å². The van der Waals surface area contributed by atoms with E-state index in [4.69, 9.17) is 0 Å². The van der Waals surface area contributed by atoms with Gasteiger partial charge in [0.25, 0.3) is 5.92 Å². The molecule has 0 spiro atoms. The van der Waals surface area contributed by atoms with E-state index in [-0.39, 0.29) is 11.9 Å². The van der Waals surface area contributed by atoms with E-state index in [1.807, 2.05) is 6.07 Å². The van der Waals surface area contributed by atoms with Crippen LogP contribution in [0, 0.1) is 0 Å². The highest BCUT2D eigenvalue weighted by Gasteiger charge is 2.49. The number of aryl methyl sites for hydroxylation is 1. The summed E-state index contributed by atoms with van der Waals surface area (Å²) in [7, 11) is 3.15. The molecule has 1 unspecified atom stereocenters. The summed E-state index contributed by atoms with van der Waals surface area (Å²) in [5.41, 5.74) is 2.97. The van der Waals surface area contributed by atoms with Gasteiger partial charge in [-0.1, -0.05) is 12.8 Å². The highest BCUT2D eigenvalue weighted by atomic mass is 19.3. The van der Waals surface area contributed by atoms with Gasteiger partial charge in [0.2, 0.25) is 11.9 Å². The number of likely N-dealkylation sites (N-methyl/N-ethyl adjacent to an activating group) is 1. The number of amides is 1. The fourth-order valence-electron chi connectivity index (χ4n) is 5.16. The molecule has 8 nitrogen and oxygen atoms in total. The van der Waals surface area contributed by atoms with Crippen molar-refractivity contribution in [2.24, 2.45) is 0 Å². The molecule has 1 amide bonds. The predicted octanol–water partition coefficient (Wildman–Crippen LogP) is 3.39. The third kappa shape index (κ3) is 3.91. The first-order chi connectivity index (χ1) is 15.3. The standard InChI is InChI=1S/C22H29F2N7O/c1-30(2)20(32)17-11-22(23,24)12-31(17)21-25-15-9-5-8-14(15)19(27-21)26-18-10-16(28-29-18)13-6-3-4-7-13/h10,13,17H,3-9,11-12H2,1-2H3,(H2,25,26,27,28,29). The van der Waals surface area contributed by atoms with Crippen molar-refractivity contribution in [1.29, 1.82) is 0 Å². The van der Waals surface area contributed by atoms with Crippen LogP contribution in [0.3, 0.4) is 0 Å². The summed E-state index contributed by atoms with van der Waals surface area (Å²) in [6.45, 7) is -0.566. The molecule has 0 radical (unpaired) electrons. The molecule has 5 rings (SSSR count). The minimum Gasteiger partial charge on any atom is -0.347 e. The van der Waals surface area contributed by atoms with Crippen LogP contribution in [-0.2, 0) is 17.6 Å². The molecular weight excluding hydrogens is 416 g/mol. The molecule has 2 aromatic rings. The SMILES string of the molecule is CN(C)C(=O)C1CC(F)(F)CN1c1nc2c(c(Nc3cc(C4CCCC4)[nH]n3)n1)CCC2. The molecule has 0 aromatic carbocycles. The summed E-state index contributed by atoms with van der Waals surface area (Å²) >= 11 is 0. The Bertz CT molecular complexity index is 1020. The lowest BCUT2D eigenvalue weighted by Crippen LogP contribution is -2.43. The smallest absolute Gasteiger partial charge is 0.267 e. The fourth-order valence-corrected chi connectivity index (χ4v) is 5.16. The van der Waals surface area contributed by atoms with Crippen LogP contribution in [0.4, 0.5) is 26.4 Å². The van der Waals surface area contributed by atoms with E-state index in [2.05, 4.69) is 25.5 Å². The number of fused-ring (bicyclic) bond motifs is 1. The minimum absolute atomic E-state index is 0.178. The van der Waals surface area contributed by atoms with Gasteiger partial charge in [0.15, 0.2) is 5.82 Å². The van der Waals surface area contributed by atoms with Gasteiger partial charge in [0.05, 0.1) is 12.2 Å². The number of carbonyl (C=O) groups excluding carboxylic acids is 1. The maximum atomic E-state index is 14.3. The molecule has 1 saturated carbocycles. The minimum atomic E-state index is -2.97. The van der Waals surface area contributed by atoms with Gasteiger partial charge in [-0.05, 0) is 32.1 Å². The van der Waals surface area contributed by atoms with Crippen LogP contribution in [0.1, 0.15) is 61.4 Å². The Morgan fingerprint density at radius 1 is 1.22 bits per heavy atom. The van der Waals surface area contributed by atoms with Gasteiger partial charge in [0, 0.05) is 43.8 Å². The highest BCUT2D eigenvalue weighted by molar-refractivity contribution is 5.85. The van der Waals surface area contributed by atoms with E-state index in [0.717, 1.165) is 36.2 Å². The van der Waals surface area contributed by atoms with Gasteiger partial charge in [-0.25, -0.2) is 13.8 Å². The number of hydrogen-bond acceptors (Lipinski definition) is 6. The van der Waals surface area contributed by atoms with E-state index >= 15 is 0 Å². The van der Waals surface area contributed by atoms with E-state index in [0.29, 0.717) is 17.6 Å². The lowest BCUT2D eigenvalue weighted by atomic mass is 10.0. The zero-order valence-corrected chi connectivity index (χ0v) is 18.5. The number of hydrogen-bond donors (Lipinski definition) is 2. The second-order valence-electron chi connectivity index (χ2n) is 9.40. The van der Waals surface area contributed by atoms with Crippen LogP contribution in [0.15, 0.2) is 6.07 Å². The van der Waals surface area contributed by atoms with Crippen LogP contribution in [0.25, 0.3) is 0 Å². The number of aromatic amines is 1. The Hall–Kier alpha value is -2.78. The molecule has 3 heterocycles. The van der Waals surface area contributed by atoms with Crippen molar-refractivity contribution in [3.05, 3.63) is 23.0 Å². The zero-order valence-electron chi connectivity index (χ0n) is 18.5. The predicted molar refractivity (Wildman–Crippen MR) is 117 cm³/mol. The summed E-state index contributed by atoms with van der Waals surface area (Å²) in [4.78, 5) is 24.6. The van der Waals surface area contributed by atoms with E-state index in [1.54, 1.807) is 14.1 Å². The Labute approximate surface area is 185 Å². The number of nitrogens with one attached hydrogen (secondary N) is 2. The van der Waals surface area contributed by atoms with Crippen molar-refractivity contribution in [2.75, 3.05) is 30.9 Å². The molecule has 1 atom stereocenters. The Morgan fingerprint density at radius 2 is 2.00 bits per heavy atom. The van der Waals surface area contributed by atoms with Gasteiger partial charge >= 0.3 is 0 Å². The molecule has 2 N–H and O–H groups in total. The molecule has 2 fully saturated rings. The maximum absolute atomic E-state index is 14.3. The molecule has 3 aliphatic rings. The Morgan fingerprint density at radius 3 is 2.75 bits per heavy atom. The van der Waals surface area contributed by atoms with E-state index < -0.39 is 24.9 Å². The van der Waals surface area contributed by atoms with Crippen LogP contribution in [0.5, 0.6) is 0 Å². The first-order valence-electron chi connectivity index (χ1n) is 11.4. The van der Waals surface area contributed by atoms with Crippen LogP contribution in [0.2, 0.25) is 0 Å². The molecule has 2 aliphatic carbocycles. The molecule has 1 aliphatic heterocycles. The van der Waals surface area contributed by atoms with E-state index in [1.165, 1.54) is 35.5 Å². The van der Waals surface area contributed by atoms with Crippen molar-refractivity contribution in [1.82, 2.24) is 25.1 Å². The van der Waals surface area contributed by atoms with E-state index in [9.17, 15) is 13.6 Å². The molecule has 32 heavy (non-hydrogen) atoms. The van der Waals surface area contributed by atoms with Gasteiger partial charge < -0.3 is 15.1 Å². The third-order valence-electron chi connectivity index (χ3n) is 6.81. The van der Waals surface area contributed by atoms with Gasteiger partial charge in [-0.15, -0.1) is 0 Å². The molecular formula is C22H29F2N7O. The first kappa shape index (κ1) is 21.1.